The zero-order valence-electron chi connectivity index (χ0n) is 12.9. The molecule has 0 fully saturated rings. The summed E-state index contributed by atoms with van der Waals surface area (Å²) in [5, 5.41) is 9.35. The first-order valence-electron chi connectivity index (χ1n) is 7.51. The molecule has 5 nitrogen and oxygen atoms in total. The normalized spacial score (nSPS) is 13.1. The fourth-order valence-electron chi connectivity index (χ4n) is 3.34. The summed E-state index contributed by atoms with van der Waals surface area (Å²) in [6.45, 7) is 1.19. The number of pyridine rings is 1. The van der Waals surface area contributed by atoms with E-state index in [0.717, 1.165) is 0 Å². The number of carbonyl (C=O) groups is 3. The molecule has 4 rings (SSSR count). The van der Waals surface area contributed by atoms with Crippen LogP contribution in [-0.2, 0) is 6.61 Å². The molecule has 0 bridgehead atoms. The Morgan fingerprint density at radius 1 is 1.08 bits per heavy atom. The highest BCUT2D eigenvalue weighted by Gasteiger charge is 2.36. The van der Waals surface area contributed by atoms with E-state index in [4.69, 9.17) is 0 Å². The molecule has 1 aliphatic rings. The molecule has 24 heavy (non-hydrogen) atoms. The summed E-state index contributed by atoms with van der Waals surface area (Å²) in [5.41, 5.74) is 2.33. The summed E-state index contributed by atoms with van der Waals surface area (Å²) in [5.74, 6) is -0.886. The van der Waals surface area contributed by atoms with Crippen molar-refractivity contribution in [2.75, 3.05) is 0 Å². The van der Waals surface area contributed by atoms with Gasteiger partial charge in [0.25, 0.3) is 0 Å². The Balaban J connectivity index is 2.17. The molecule has 2 aromatic heterocycles. The van der Waals surface area contributed by atoms with E-state index < -0.39 is 0 Å². The van der Waals surface area contributed by atoms with Crippen LogP contribution in [-0.4, -0.2) is 26.9 Å². The lowest BCUT2D eigenvalue weighted by Gasteiger charge is -2.15. The smallest absolute Gasteiger partial charge is 0.211 e. The Morgan fingerprint density at radius 3 is 2.38 bits per heavy atom. The summed E-state index contributed by atoms with van der Waals surface area (Å²) < 4.78 is 1.57. The topological polar surface area (TPSA) is 75.8 Å². The average Bonchev–Trinajstić information content (AvgIpc) is 2.94. The Labute approximate surface area is 137 Å². The number of fused-ring (bicyclic) bond motifs is 4. The molecule has 2 heterocycles. The lowest BCUT2D eigenvalue weighted by atomic mass is 9.85. The molecule has 0 spiro atoms. The number of Topliss-reactive ketones (excluding diaryl/α,β-unsaturated/α-hetero) is 1. The van der Waals surface area contributed by atoms with E-state index in [1.165, 1.54) is 6.92 Å². The van der Waals surface area contributed by atoms with Gasteiger partial charge in [-0.05, 0) is 24.6 Å². The van der Waals surface area contributed by atoms with Crippen molar-refractivity contribution in [2.45, 2.75) is 13.5 Å². The minimum atomic E-state index is -0.320. The zero-order chi connectivity index (χ0) is 17.0. The number of ketones is 3. The van der Waals surface area contributed by atoms with Gasteiger partial charge in [-0.25, -0.2) is 0 Å². The van der Waals surface area contributed by atoms with Gasteiger partial charge < -0.3 is 9.51 Å². The summed E-state index contributed by atoms with van der Waals surface area (Å²) in [4.78, 5) is 38.1. The maximum Gasteiger partial charge on any atom is 0.211 e. The average molecular weight is 319 g/mol. The zero-order valence-corrected chi connectivity index (χ0v) is 12.9. The van der Waals surface area contributed by atoms with E-state index in [2.05, 4.69) is 0 Å². The first-order chi connectivity index (χ1) is 11.5. The van der Waals surface area contributed by atoms with Gasteiger partial charge >= 0.3 is 0 Å². The highest BCUT2D eigenvalue weighted by Crippen LogP contribution is 2.34. The van der Waals surface area contributed by atoms with Crippen LogP contribution >= 0.6 is 0 Å². The van der Waals surface area contributed by atoms with Crippen molar-refractivity contribution in [3.63, 3.8) is 0 Å². The van der Waals surface area contributed by atoms with E-state index in [0.29, 0.717) is 22.2 Å². The van der Waals surface area contributed by atoms with E-state index >= 15 is 0 Å². The molecule has 0 atom stereocenters. The van der Waals surface area contributed by atoms with Crippen LogP contribution in [0.3, 0.4) is 0 Å². The number of aromatic nitrogens is 1. The Morgan fingerprint density at radius 2 is 1.75 bits per heavy atom. The number of hydrogen-bond donors (Lipinski definition) is 1. The molecule has 1 N–H and O–H groups in total. The number of aliphatic hydroxyl groups excluding tert-OH is 1. The highest BCUT2D eigenvalue weighted by atomic mass is 16.3. The van der Waals surface area contributed by atoms with Crippen molar-refractivity contribution in [1.82, 2.24) is 4.40 Å². The number of carbonyl (C=O) groups excluding carboxylic acids is 3. The monoisotopic (exact) mass is 319 g/mol. The lowest BCUT2D eigenvalue weighted by molar-refractivity contribution is 0.0967. The third-order valence-corrected chi connectivity index (χ3v) is 4.40. The molecule has 0 aliphatic heterocycles. The van der Waals surface area contributed by atoms with Crippen LogP contribution in [0.15, 0.2) is 42.6 Å². The third kappa shape index (κ3) is 1.76. The van der Waals surface area contributed by atoms with Gasteiger partial charge in [-0.1, -0.05) is 24.3 Å². The highest BCUT2D eigenvalue weighted by molar-refractivity contribution is 6.32. The first-order valence-corrected chi connectivity index (χ1v) is 7.51. The van der Waals surface area contributed by atoms with Crippen LogP contribution in [0, 0.1) is 0 Å². The standard InChI is InChI=1S/C19H13NO4/c1-10(22)15-14-8-11(9-21)6-7-20(14)17-16(15)18(23)12-4-2-3-5-13(12)19(17)24/h2-8,21H,9H2,1H3. The van der Waals surface area contributed by atoms with Crippen LogP contribution in [0.4, 0.5) is 0 Å². The molecule has 1 aromatic carbocycles. The molecule has 0 saturated heterocycles. The van der Waals surface area contributed by atoms with Gasteiger partial charge in [-0.3, -0.25) is 14.4 Å². The van der Waals surface area contributed by atoms with Crippen LogP contribution < -0.4 is 0 Å². The Hall–Kier alpha value is -3.05. The molecule has 118 valence electrons. The Bertz CT molecular complexity index is 1060. The predicted molar refractivity (Wildman–Crippen MR) is 86.6 cm³/mol. The second kappa shape index (κ2) is 4.97. The third-order valence-electron chi connectivity index (χ3n) is 4.40. The van der Waals surface area contributed by atoms with Crippen molar-refractivity contribution in [1.29, 1.82) is 0 Å². The molecule has 3 aromatic rings. The van der Waals surface area contributed by atoms with Gasteiger partial charge in [0, 0.05) is 17.3 Å². The predicted octanol–water partition coefficient (Wildman–Crippen LogP) is 2.41. The molecule has 0 unspecified atom stereocenters. The minimum Gasteiger partial charge on any atom is -0.392 e. The molecular formula is C19H13NO4. The largest absolute Gasteiger partial charge is 0.392 e. The first kappa shape index (κ1) is 14.5. The molecule has 0 amide bonds. The summed E-state index contributed by atoms with van der Waals surface area (Å²) in [6, 6.07) is 9.93. The van der Waals surface area contributed by atoms with Gasteiger partial charge in [0.1, 0.15) is 5.69 Å². The van der Waals surface area contributed by atoms with E-state index in [-0.39, 0.29) is 40.8 Å². The van der Waals surface area contributed by atoms with Crippen LogP contribution in [0.25, 0.3) is 5.52 Å². The van der Waals surface area contributed by atoms with Crippen molar-refractivity contribution in [3.8, 4) is 0 Å². The lowest BCUT2D eigenvalue weighted by Crippen LogP contribution is -2.22. The van der Waals surface area contributed by atoms with Gasteiger partial charge in [-0.2, -0.15) is 0 Å². The fourth-order valence-corrected chi connectivity index (χ4v) is 3.34. The second-order valence-corrected chi connectivity index (χ2v) is 5.81. The molecule has 5 heteroatoms. The molecular weight excluding hydrogens is 306 g/mol. The maximum atomic E-state index is 12.9. The maximum absolute atomic E-state index is 12.9. The Kier molecular flexibility index (Phi) is 3.01. The van der Waals surface area contributed by atoms with Gasteiger partial charge in [0.05, 0.1) is 23.3 Å². The number of benzene rings is 1. The summed E-state index contributed by atoms with van der Waals surface area (Å²) >= 11 is 0. The number of rotatable bonds is 2. The molecule has 1 aliphatic carbocycles. The summed E-state index contributed by atoms with van der Waals surface area (Å²) in [7, 11) is 0. The molecule has 0 saturated carbocycles. The summed E-state index contributed by atoms with van der Waals surface area (Å²) in [6.07, 6.45) is 1.62. The van der Waals surface area contributed by atoms with Crippen LogP contribution in [0.1, 0.15) is 54.8 Å². The van der Waals surface area contributed by atoms with E-state index in [9.17, 15) is 19.5 Å². The minimum absolute atomic E-state index is 0.154. The van der Waals surface area contributed by atoms with Gasteiger partial charge in [0.15, 0.2) is 11.6 Å². The van der Waals surface area contributed by atoms with Crippen molar-refractivity contribution in [2.24, 2.45) is 0 Å². The number of nitrogens with zero attached hydrogens (tertiary/aromatic N) is 1. The van der Waals surface area contributed by atoms with Crippen molar-refractivity contribution < 1.29 is 19.5 Å². The SMILES string of the molecule is CC(=O)c1c2c(n3ccc(CO)cc13)C(=O)c1ccccc1C2=O. The fraction of sp³-hybridized carbons (Fsp3) is 0.105. The van der Waals surface area contributed by atoms with Crippen molar-refractivity contribution in [3.05, 3.63) is 76.1 Å². The van der Waals surface area contributed by atoms with E-state index in [1.54, 1.807) is 47.0 Å². The van der Waals surface area contributed by atoms with Crippen molar-refractivity contribution >= 4 is 22.9 Å². The molecule has 0 radical (unpaired) electrons. The number of hydrogen-bond acceptors (Lipinski definition) is 4. The van der Waals surface area contributed by atoms with Gasteiger partial charge in [0.2, 0.25) is 5.78 Å². The van der Waals surface area contributed by atoms with E-state index in [1.807, 2.05) is 0 Å². The quantitative estimate of drug-likeness (QED) is 0.576. The van der Waals surface area contributed by atoms with Crippen LogP contribution in [0.5, 0.6) is 0 Å². The number of aliphatic hydroxyl groups is 1. The van der Waals surface area contributed by atoms with Gasteiger partial charge in [-0.15, -0.1) is 0 Å². The second-order valence-electron chi connectivity index (χ2n) is 5.81. The van der Waals surface area contributed by atoms with Crippen LogP contribution in [0.2, 0.25) is 0 Å².